The summed E-state index contributed by atoms with van der Waals surface area (Å²) in [6, 6.07) is 14.6. The number of hydrogen-bond acceptors (Lipinski definition) is 4. The molecule has 2 aromatic rings. The fourth-order valence-corrected chi connectivity index (χ4v) is 5.11. The van der Waals surface area contributed by atoms with Crippen LogP contribution in [0.2, 0.25) is 0 Å². The van der Waals surface area contributed by atoms with Gasteiger partial charge in [0.1, 0.15) is 0 Å². The third-order valence-corrected chi connectivity index (χ3v) is 6.80. The Morgan fingerprint density at radius 1 is 1.12 bits per heavy atom. The number of rotatable bonds is 4. The van der Waals surface area contributed by atoms with Gasteiger partial charge in [-0.3, -0.25) is 4.79 Å². The second-order valence-corrected chi connectivity index (χ2v) is 8.64. The summed E-state index contributed by atoms with van der Waals surface area (Å²) in [4.78, 5) is 13.1. The van der Waals surface area contributed by atoms with Gasteiger partial charge in [-0.25, -0.2) is 12.7 Å². The molecule has 1 saturated heterocycles. The molecule has 1 aliphatic rings. The maximum Gasteiger partial charge on any atom is 0.273 e. The molecule has 0 spiro atoms. The molecule has 3 rings (SSSR count). The zero-order valence-electron chi connectivity index (χ0n) is 14.7. The zero-order valence-corrected chi connectivity index (χ0v) is 15.5. The molecule has 136 valence electrons. The number of aliphatic hydroxyl groups is 1. The van der Waals surface area contributed by atoms with Crippen molar-refractivity contribution in [3.05, 3.63) is 78.4 Å². The number of nitrogens with zero attached hydrogens (tertiary/aromatic N) is 1. The van der Waals surface area contributed by atoms with Crippen LogP contribution in [-0.2, 0) is 20.4 Å². The van der Waals surface area contributed by atoms with Gasteiger partial charge < -0.3 is 5.11 Å². The second kappa shape index (κ2) is 6.07. The van der Waals surface area contributed by atoms with Crippen LogP contribution in [0, 0.1) is 6.92 Å². The van der Waals surface area contributed by atoms with Gasteiger partial charge in [0.05, 0.1) is 10.4 Å². The molecule has 1 amide bonds. The number of sulfonamides is 1. The summed E-state index contributed by atoms with van der Waals surface area (Å²) >= 11 is 0. The standard InChI is InChI=1S/C20H21NO4S/c1-4-19(3)14-20(23,16-8-6-5-7-9-16)18(22)21(19)26(24,25)17-12-10-15(2)11-13-17/h4-13,23H,1,14H2,2-3H3/t19-,20-/m0/s1. The molecule has 2 atom stereocenters. The largest absolute Gasteiger partial charge is 0.375 e. The molecular formula is C20H21NO4S. The highest BCUT2D eigenvalue weighted by atomic mass is 32.2. The van der Waals surface area contributed by atoms with E-state index in [-0.39, 0.29) is 11.3 Å². The highest BCUT2D eigenvalue weighted by molar-refractivity contribution is 7.89. The van der Waals surface area contributed by atoms with Crippen LogP contribution in [0.15, 0.2) is 72.1 Å². The Morgan fingerprint density at radius 2 is 1.69 bits per heavy atom. The zero-order chi connectivity index (χ0) is 19.2. The van der Waals surface area contributed by atoms with Gasteiger partial charge in [-0.05, 0) is 31.5 Å². The fourth-order valence-electron chi connectivity index (χ4n) is 3.36. The summed E-state index contributed by atoms with van der Waals surface area (Å²) in [7, 11) is -4.15. The van der Waals surface area contributed by atoms with Crippen molar-refractivity contribution in [2.24, 2.45) is 0 Å². The van der Waals surface area contributed by atoms with Crippen LogP contribution in [0.5, 0.6) is 0 Å². The van der Waals surface area contributed by atoms with Gasteiger partial charge in [0, 0.05) is 6.42 Å². The van der Waals surface area contributed by atoms with Crippen molar-refractivity contribution in [3.63, 3.8) is 0 Å². The van der Waals surface area contributed by atoms with Gasteiger partial charge in [0.25, 0.3) is 15.9 Å². The van der Waals surface area contributed by atoms with Crippen LogP contribution in [0.3, 0.4) is 0 Å². The van der Waals surface area contributed by atoms with Gasteiger partial charge in [0.2, 0.25) is 0 Å². The SMILES string of the molecule is C=C[C@@]1(C)C[C@](O)(c2ccccc2)C(=O)N1S(=O)(=O)c1ccc(C)cc1. The molecule has 5 nitrogen and oxygen atoms in total. The molecule has 26 heavy (non-hydrogen) atoms. The number of hydrogen-bond donors (Lipinski definition) is 1. The van der Waals surface area contributed by atoms with Gasteiger partial charge in [-0.15, -0.1) is 6.58 Å². The van der Waals surface area contributed by atoms with Crippen LogP contribution < -0.4 is 0 Å². The third kappa shape index (κ3) is 2.66. The Kier molecular flexibility index (Phi) is 4.29. The predicted octanol–water partition coefficient (Wildman–Crippen LogP) is 2.75. The molecule has 1 N–H and O–H groups in total. The van der Waals surface area contributed by atoms with E-state index in [0.717, 1.165) is 9.87 Å². The predicted molar refractivity (Wildman–Crippen MR) is 98.8 cm³/mol. The first-order valence-electron chi connectivity index (χ1n) is 8.23. The number of carbonyl (C=O) groups is 1. The molecule has 1 aliphatic heterocycles. The fraction of sp³-hybridized carbons (Fsp3) is 0.250. The van der Waals surface area contributed by atoms with Crippen molar-refractivity contribution in [3.8, 4) is 0 Å². The van der Waals surface area contributed by atoms with Crippen molar-refractivity contribution in [2.45, 2.75) is 36.3 Å². The minimum absolute atomic E-state index is 0.00170. The molecule has 0 bridgehead atoms. The van der Waals surface area contributed by atoms with E-state index in [2.05, 4.69) is 6.58 Å². The second-order valence-electron chi connectivity index (χ2n) is 6.85. The van der Waals surface area contributed by atoms with E-state index >= 15 is 0 Å². The average molecular weight is 371 g/mol. The van der Waals surface area contributed by atoms with E-state index in [1.54, 1.807) is 49.4 Å². The molecule has 0 aromatic heterocycles. The summed E-state index contributed by atoms with van der Waals surface area (Å²) in [6.07, 6.45) is 1.30. The van der Waals surface area contributed by atoms with Gasteiger partial charge in [-0.2, -0.15) is 0 Å². The Hall–Kier alpha value is -2.44. The summed E-state index contributed by atoms with van der Waals surface area (Å²) in [6.45, 7) is 7.14. The number of carbonyl (C=O) groups excluding carboxylic acids is 1. The van der Waals surface area contributed by atoms with E-state index < -0.39 is 27.1 Å². The molecule has 0 unspecified atom stereocenters. The monoisotopic (exact) mass is 371 g/mol. The van der Waals surface area contributed by atoms with Gasteiger partial charge in [-0.1, -0.05) is 54.1 Å². The van der Waals surface area contributed by atoms with Crippen molar-refractivity contribution >= 4 is 15.9 Å². The first kappa shape index (κ1) is 18.4. The van der Waals surface area contributed by atoms with Crippen LogP contribution in [0.1, 0.15) is 24.5 Å². The number of benzene rings is 2. The van der Waals surface area contributed by atoms with Crippen molar-refractivity contribution in [1.82, 2.24) is 4.31 Å². The molecule has 0 saturated carbocycles. The minimum Gasteiger partial charge on any atom is -0.375 e. The quantitative estimate of drug-likeness (QED) is 0.839. The number of amides is 1. The number of aryl methyl sites for hydroxylation is 1. The summed E-state index contributed by atoms with van der Waals surface area (Å²) in [5.74, 6) is -0.869. The van der Waals surface area contributed by atoms with Crippen molar-refractivity contribution in [1.29, 1.82) is 0 Å². The topological polar surface area (TPSA) is 74.7 Å². The van der Waals surface area contributed by atoms with E-state index in [1.165, 1.54) is 18.2 Å². The lowest BCUT2D eigenvalue weighted by Crippen LogP contribution is -2.47. The highest BCUT2D eigenvalue weighted by Gasteiger charge is 2.60. The minimum atomic E-state index is -4.15. The van der Waals surface area contributed by atoms with E-state index in [0.29, 0.717) is 5.56 Å². The molecule has 0 aliphatic carbocycles. The molecule has 0 radical (unpaired) electrons. The average Bonchev–Trinajstić information content (AvgIpc) is 2.84. The normalized spacial score (nSPS) is 26.1. The highest BCUT2D eigenvalue weighted by Crippen LogP contribution is 2.46. The molecule has 1 fully saturated rings. The first-order valence-corrected chi connectivity index (χ1v) is 9.67. The Labute approximate surface area is 153 Å². The maximum absolute atomic E-state index is 13.2. The van der Waals surface area contributed by atoms with Crippen LogP contribution >= 0.6 is 0 Å². The summed E-state index contributed by atoms with van der Waals surface area (Å²) in [5.41, 5.74) is -1.91. The lowest BCUT2D eigenvalue weighted by atomic mass is 9.86. The Morgan fingerprint density at radius 3 is 2.23 bits per heavy atom. The lowest BCUT2D eigenvalue weighted by Gasteiger charge is -2.30. The van der Waals surface area contributed by atoms with Crippen LogP contribution in [0.25, 0.3) is 0 Å². The van der Waals surface area contributed by atoms with Crippen LogP contribution in [0.4, 0.5) is 0 Å². The van der Waals surface area contributed by atoms with Gasteiger partial charge in [0.15, 0.2) is 5.60 Å². The smallest absolute Gasteiger partial charge is 0.273 e. The summed E-state index contributed by atoms with van der Waals surface area (Å²) < 4.78 is 27.2. The van der Waals surface area contributed by atoms with Gasteiger partial charge >= 0.3 is 0 Å². The Bertz CT molecular complexity index is 953. The lowest BCUT2D eigenvalue weighted by molar-refractivity contribution is -0.140. The van der Waals surface area contributed by atoms with E-state index in [4.69, 9.17) is 0 Å². The van der Waals surface area contributed by atoms with E-state index in [1.807, 2.05) is 6.92 Å². The third-order valence-electron chi connectivity index (χ3n) is 4.87. The molecule has 1 heterocycles. The van der Waals surface area contributed by atoms with Crippen molar-refractivity contribution < 1.29 is 18.3 Å². The van der Waals surface area contributed by atoms with Crippen LogP contribution in [-0.4, -0.2) is 29.3 Å². The first-order chi connectivity index (χ1) is 12.1. The maximum atomic E-state index is 13.2. The van der Waals surface area contributed by atoms with Crippen molar-refractivity contribution in [2.75, 3.05) is 0 Å². The van der Waals surface area contributed by atoms with E-state index in [9.17, 15) is 18.3 Å². The Balaban J connectivity index is 2.15. The molecule has 2 aromatic carbocycles. The summed E-state index contributed by atoms with van der Waals surface area (Å²) in [5, 5.41) is 11.1. The molecule has 6 heteroatoms. The molecular weight excluding hydrogens is 350 g/mol.